The normalized spacial score (nSPS) is 23.4. The Morgan fingerprint density at radius 3 is 2.33 bits per heavy atom. The highest BCUT2D eigenvalue weighted by Crippen LogP contribution is 2.58. The number of likely N-dealkylation sites (tertiary alicyclic amines) is 1. The summed E-state index contributed by atoms with van der Waals surface area (Å²) in [5.41, 5.74) is 2.91. The van der Waals surface area contributed by atoms with Crippen molar-refractivity contribution in [1.82, 2.24) is 4.90 Å². The highest BCUT2D eigenvalue weighted by molar-refractivity contribution is 5.96. The molecule has 0 bridgehead atoms. The highest BCUT2D eigenvalue weighted by atomic mass is 16.2. The van der Waals surface area contributed by atoms with Gasteiger partial charge in [-0.1, -0.05) is 32.0 Å². The molecule has 2 heteroatoms. The molecule has 1 aromatic carbocycles. The third kappa shape index (κ3) is 1.75. The molecule has 1 aliphatic carbocycles. The number of carbonyl (C=O) groups is 1. The Balaban J connectivity index is 1.66. The lowest BCUT2D eigenvalue weighted by molar-refractivity contribution is -0.112. The van der Waals surface area contributed by atoms with E-state index >= 15 is 0 Å². The fourth-order valence-corrected chi connectivity index (χ4v) is 4.09. The molecule has 1 saturated carbocycles. The summed E-state index contributed by atoms with van der Waals surface area (Å²) >= 11 is 0. The number of amides is 1. The van der Waals surface area contributed by atoms with Crippen molar-refractivity contribution in [1.29, 1.82) is 0 Å². The minimum Gasteiger partial charge on any atom is -0.337 e. The Morgan fingerprint density at radius 2 is 1.78 bits per heavy atom. The monoisotopic (exact) mass is 243 g/mol. The van der Waals surface area contributed by atoms with Gasteiger partial charge < -0.3 is 4.90 Å². The van der Waals surface area contributed by atoms with Gasteiger partial charge in [-0.25, -0.2) is 0 Å². The van der Waals surface area contributed by atoms with Crippen molar-refractivity contribution in [2.45, 2.75) is 33.6 Å². The van der Waals surface area contributed by atoms with Crippen molar-refractivity contribution in [3.8, 4) is 0 Å². The standard InChI is InChI=1S/C16H21NO/c1-12-6-4-5-7-13(12)14(18)17-10-16(11-17)8-15(2,3)9-16/h4-7H,8-11H2,1-3H3. The van der Waals surface area contributed by atoms with E-state index in [4.69, 9.17) is 0 Å². The Kier molecular flexibility index (Phi) is 2.35. The molecular formula is C16H21NO. The van der Waals surface area contributed by atoms with Crippen LogP contribution in [0, 0.1) is 17.8 Å². The van der Waals surface area contributed by atoms with Crippen molar-refractivity contribution in [2.24, 2.45) is 10.8 Å². The summed E-state index contributed by atoms with van der Waals surface area (Å²) in [4.78, 5) is 14.4. The van der Waals surface area contributed by atoms with Gasteiger partial charge in [0, 0.05) is 24.1 Å². The molecule has 1 aliphatic heterocycles. The zero-order valence-electron chi connectivity index (χ0n) is 11.5. The molecule has 0 unspecified atom stereocenters. The summed E-state index contributed by atoms with van der Waals surface area (Å²) in [6.07, 6.45) is 2.55. The van der Waals surface area contributed by atoms with E-state index in [0.29, 0.717) is 10.8 Å². The van der Waals surface area contributed by atoms with E-state index in [2.05, 4.69) is 13.8 Å². The smallest absolute Gasteiger partial charge is 0.254 e. The quantitative estimate of drug-likeness (QED) is 0.741. The Hall–Kier alpha value is -1.31. The topological polar surface area (TPSA) is 20.3 Å². The fraction of sp³-hybridized carbons (Fsp3) is 0.562. The first kappa shape index (κ1) is 11.8. The highest BCUT2D eigenvalue weighted by Gasteiger charge is 2.56. The van der Waals surface area contributed by atoms with E-state index < -0.39 is 0 Å². The maximum absolute atomic E-state index is 12.4. The van der Waals surface area contributed by atoms with Crippen LogP contribution in [0.15, 0.2) is 24.3 Å². The third-order valence-corrected chi connectivity index (χ3v) is 4.42. The summed E-state index contributed by atoms with van der Waals surface area (Å²) in [6, 6.07) is 7.88. The van der Waals surface area contributed by atoms with Gasteiger partial charge in [-0.15, -0.1) is 0 Å². The third-order valence-electron chi connectivity index (χ3n) is 4.42. The Labute approximate surface area is 109 Å². The van der Waals surface area contributed by atoms with Gasteiger partial charge in [0.25, 0.3) is 5.91 Å². The number of nitrogens with zero attached hydrogens (tertiary/aromatic N) is 1. The van der Waals surface area contributed by atoms with Gasteiger partial charge in [0.15, 0.2) is 0 Å². The number of rotatable bonds is 1. The van der Waals surface area contributed by atoms with Crippen LogP contribution in [0.3, 0.4) is 0 Å². The molecule has 18 heavy (non-hydrogen) atoms. The summed E-state index contributed by atoms with van der Waals surface area (Å²) in [6.45, 7) is 8.58. The van der Waals surface area contributed by atoms with Crippen LogP contribution in [-0.2, 0) is 0 Å². The second kappa shape index (κ2) is 3.59. The van der Waals surface area contributed by atoms with E-state index in [1.165, 1.54) is 12.8 Å². The Morgan fingerprint density at radius 1 is 1.17 bits per heavy atom. The summed E-state index contributed by atoms with van der Waals surface area (Å²) in [5.74, 6) is 0.212. The predicted octanol–water partition coefficient (Wildman–Crippen LogP) is 3.26. The van der Waals surface area contributed by atoms with E-state index in [9.17, 15) is 4.79 Å². The minimum absolute atomic E-state index is 0.212. The lowest BCUT2D eigenvalue weighted by atomic mass is 9.51. The van der Waals surface area contributed by atoms with Crippen LogP contribution in [0.2, 0.25) is 0 Å². The van der Waals surface area contributed by atoms with Crippen LogP contribution >= 0.6 is 0 Å². The molecule has 1 saturated heterocycles. The molecule has 1 amide bonds. The van der Waals surface area contributed by atoms with Crippen molar-refractivity contribution in [2.75, 3.05) is 13.1 Å². The largest absolute Gasteiger partial charge is 0.337 e. The second-order valence-corrected chi connectivity index (χ2v) is 6.99. The number of hydrogen-bond acceptors (Lipinski definition) is 1. The van der Waals surface area contributed by atoms with Gasteiger partial charge in [0.05, 0.1) is 0 Å². The van der Waals surface area contributed by atoms with Crippen molar-refractivity contribution < 1.29 is 4.79 Å². The van der Waals surface area contributed by atoms with E-state index in [1.54, 1.807) is 0 Å². The van der Waals surface area contributed by atoms with Gasteiger partial charge >= 0.3 is 0 Å². The zero-order valence-corrected chi connectivity index (χ0v) is 11.5. The predicted molar refractivity (Wildman–Crippen MR) is 72.5 cm³/mol. The molecule has 0 aromatic heterocycles. The first-order chi connectivity index (χ1) is 8.41. The van der Waals surface area contributed by atoms with E-state index in [0.717, 1.165) is 24.2 Å². The van der Waals surface area contributed by atoms with Gasteiger partial charge in [0.2, 0.25) is 0 Å². The van der Waals surface area contributed by atoms with Crippen LogP contribution in [-0.4, -0.2) is 23.9 Å². The SMILES string of the molecule is Cc1ccccc1C(=O)N1CC2(C1)CC(C)(C)C2. The first-order valence-electron chi connectivity index (χ1n) is 6.76. The van der Waals surface area contributed by atoms with Crippen LogP contribution in [0.1, 0.15) is 42.6 Å². The lowest BCUT2D eigenvalue weighted by Crippen LogP contribution is -2.65. The molecule has 96 valence electrons. The number of carbonyl (C=O) groups excluding carboxylic acids is 1. The number of aryl methyl sites for hydroxylation is 1. The van der Waals surface area contributed by atoms with Gasteiger partial charge in [-0.3, -0.25) is 4.79 Å². The molecule has 2 fully saturated rings. The van der Waals surface area contributed by atoms with Crippen LogP contribution in [0.4, 0.5) is 0 Å². The fourth-order valence-electron chi connectivity index (χ4n) is 4.09. The minimum atomic E-state index is 0.212. The zero-order chi connectivity index (χ0) is 13.0. The van der Waals surface area contributed by atoms with Gasteiger partial charge in [-0.2, -0.15) is 0 Å². The van der Waals surface area contributed by atoms with Crippen molar-refractivity contribution >= 4 is 5.91 Å². The van der Waals surface area contributed by atoms with Crippen molar-refractivity contribution in [3.63, 3.8) is 0 Å². The summed E-state index contributed by atoms with van der Waals surface area (Å²) in [5, 5.41) is 0. The first-order valence-corrected chi connectivity index (χ1v) is 6.76. The molecule has 1 aromatic rings. The molecule has 2 aliphatic rings. The van der Waals surface area contributed by atoms with Gasteiger partial charge in [0.1, 0.15) is 0 Å². The maximum atomic E-state index is 12.4. The second-order valence-electron chi connectivity index (χ2n) is 6.99. The molecule has 0 radical (unpaired) electrons. The van der Waals surface area contributed by atoms with Crippen LogP contribution in [0.5, 0.6) is 0 Å². The average Bonchev–Trinajstić information content (AvgIpc) is 2.22. The lowest BCUT2D eigenvalue weighted by Gasteiger charge is -2.62. The van der Waals surface area contributed by atoms with Gasteiger partial charge in [-0.05, 0) is 36.8 Å². The van der Waals surface area contributed by atoms with Crippen LogP contribution < -0.4 is 0 Å². The number of hydrogen-bond donors (Lipinski definition) is 0. The molecule has 1 heterocycles. The van der Waals surface area contributed by atoms with E-state index in [-0.39, 0.29) is 5.91 Å². The molecule has 3 rings (SSSR count). The van der Waals surface area contributed by atoms with Crippen LogP contribution in [0.25, 0.3) is 0 Å². The molecule has 2 nitrogen and oxygen atoms in total. The molecular weight excluding hydrogens is 222 g/mol. The summed E-state index contributed by atoms with van der Waals surface area (Å²) in [7, 11) is 0. The summed E-state index contributed by atoms with van der Waals surface area (Å²) < 4.78 is 0. The maximum Gasteiger partial charge on any atom is 0.254 e. The van der Waals surface area contributed by atoms with E-state index in [1.807, 2.05) is 36.1 Å². The Bertz CT molecular complexity index is 488. The molecule has 1 spiro atoms. The molecule has 0 atom stereocenters. The van der Waals surface area contributed by atoms with Crippen molar-refractivity contribution in [3.05, 3.63) is 35.4 Å². The average molecular weight is 243 g/mol. The molecule has 0 N–H and O–H groups in total. The number of benzene rings is 1.